The average molecular weight is 284 g/mol. The Bertz CT molecular complexity index is 306. The van der Waals surface area contributed by atoms with Crippen LogP contribution in [0.25, 0.3) is 0 Å². The minimum absolute atomic E-state index is 0.0175. The van der Waals surface area contributed by atoms with Gasteiger partial charge in [0.2, 0.25) is 5.91 Å². The molecule has 0 spiro atoms. The number of amides is 1. The molecule has 1 amide bonds. The molecule has 1 saturated carbocycles. The van der Waals surface area contributed by atoms with E-state index in [1.165, 1.54) is 0 Å². The summed E-state index contributed by atoms with van der Waals surface area (Å²) in [6.07, 6.45) is 5.78. The van der Waals surface area contributed by atoms with Gasteiger partial charge in [0.15, 0.2) is 0 Å². The third kappa shape index (κ3) is 5.06. The summed E-state index contributed by atoms with van der Waals surface area (Å²) in [6, 6.07) is 0. The standard InChI is InChI=1S/C16H32N2O2/c1-5-6-11-18-14(19)13(2)20-16(12-17)9-7-15(3,4)8-10-16/h13H,5-12,17H2,1-4H3,(H,18,19). The molecule has 3 N–H and O–H groups in total. The molecule has 1 atom stereocenters. The van der Waals surface area contributed by atoms with Crippen molar-refractivity contribution in [3.8, 4) is 0 Å². The molecule has 1 aliphatic carbocycles. The van der Waals surface area contributed by atoms with Crippen LogP contribution in [0.5, 0.6) is 0 Å². The van der Waals surface area contributed by atoms with Crippen LogP contribution in [0.15, 0.2) is 0 Å². The van der Waals surface area contributed by atoms with Gasteiger partial charge >= 0.3 is 0 Å². The van der Waals surface area contributed by atoms with Gasteiger partial charge in [-0.2, -0.15) is 0 Å². The van der Waals surface area contributed by atoms with Crippen molar-refractivity contribution in [3.05, 3.63) is 0 Å². The molecule has 1 unspecified atom stereocenters. The Morgan fingerprint density at radius 1 is 1.30 bits per heavy atom. The predicted octanol–water partition coefficient (Wildman–Crippen LogP) is 2.61. The zero-order chi connectivity index (χ0) is 15.2. The van der Waals surface area contributed by atoms with Gasteiger partial charge in [0.1, 0.15) is 6.10 Å². The molecule has 0 aliphatic heterocycles. The molecule has 1 rings (SSSR count). The number of hydrogen-bond donors (Lipinski definition) is 2. The van der Waals surface area contributed by atoms with Crippen molar-refractivity contribution in [1.82, 2.24) is 5.32 Å². The molecule has 0 bridgehead atoms. The minimum atomic E-state index is -0.420. The van der Waals surface area contributed by atoms with Crippen LogP contribution in [-0.2, 0) is 9.53 Å². The van der Waals surface area contributed by atoms with Crippen LogP contribution in [0.3, 0.4) is 0 Å². The van der Waals surface area contributed by atoms with E-state index < -0.39 is 6.10 Å². The minimum Gasteiger partial charge on any atom is -0.361 e. The Kier molecular flexibility index (Phi) is 6.46. The predicted molar refractivity (Wildman–Crippen MR) is 82.5 cm³/mol. The van der Waals surface area contributed by atoms with Crippen LogP contribution >= 0.6 is 0 Å². The number of carbonyl (C=O) groups is 1. The lowest BCUT2D eigenvalue weighted by Gasteiger charge is -2.43. The topological polar surface area (TPSA) is 64.3 Å². The van der Waals surface area contributed by atoms with Crippen LogP contribution in [0.2, 0.25) is 0 Å². The normalized spacial score (nSPS) is 22.2. The van der Waals surface area contributed by atoms with Crippen molar-refractivity contribution in [2.45, 2.75) is 77.9 Å². The zero-order valence-electron chi connectivity index (χ0n) is 13.6. The van der Waals surface area contributed by atoms with Gasteiger partial charge in [-0.25, -0.2) is 0 Å². The number of rotatable bonds is 7. The van der Waals surface area contributed by atoms with Crippen molar-refractivity contribution in [3.63, 3.8) is 0 Å². The summed E-state index contributed by atoms with van der Waals surface area (Å²) in [6.45, 7) is 9.74. The van der Waals surface area contributed by atoms with E-state index in [4.69, 9.17) is 10.5 Å². The second kappa shape index (κ2) is 7.41. The van der Waals surface area contributed by atoms with Crippen LogP contribution in [0.1, 0.15) is 66.2 Å². The number of hydrogen-bond acceptors (Lipinski definition) is 3. The highest BCUT2D eigenvalue weighted by molar-refractivity contribution is 5.80. The molecule has 4 nitrogen and oxygen atoms in total. The van der Waals surface area contributed by atoms with E-state index in [1.807, 2.05) is 6.92 Å². The van der Waals surface area contributed by atoms with Crippen LogP contribution in [0, 0.1) is 5.41 Å². The van der Waals surface area contributed by atoms with E-state index in [2.05, 4.69) is 26.1 Å². The average Bonchev–Trinajstić information content (AvgIpc) is 2.41. The van der Waals surface area contributed by atoms with Gasteiger partial charge in [0.05, 0.1) is 5.60 Å². The summed E-state index contributed by atoms with van der Waals surface area (Å²) >= 11 is 0. The Labute approximate surface area is 123 Å². The Hall–Kier alpha value is -0.610. The fourth-order valence-corrected chi connectivity index (χ4v) is 2.71. The van der Waals surface area contributed by atoms with Crippen LogP contribution < -0.4 is 11.1 Å². The van der Waals surface area contributed by atoms with Gasteiger partial charge in [0, 0.05) is 13.1 Å². The van der Waals surface area contributed by atoms with Gasteiger partial charge in [-0.3, -0.25) is 4.79 Å². The smallest absolute Gasteiger partial charge is 0.248 e. The Morgan fingerprint density at radius 2 is 1.90 bits per heavy atom. The molecule has 1 fully saturated rings. The number of carbonyl (C=O) groups excluding carboxylic acids is 1. The molecule has 0 heterocycles. The molecule has 118 valence electrons. The first-order valence-corrected chi connectivity index (χ1v) is 8.00. The largest absolute Gasteiger partial charge is 0.361 e. The Balaban J connectivity index is 2.49. The number of nitrogens with two attached hydrogens (primary N) is 1. The fourth-order valence-electron chi connectivity index (χ4n) is 2.71. The van der Waals surface area contributed by atoms with E-state index in [0.717, 1.165) is 45.1 Å². The number of nitrogens with one attached hydrogen (secondary N) is 1. The monoisotopic (exact) mass is 284 g/mol. The highest BCUT2D eigenvalue weighted by atomic mass is 16.5. The summed E-state index contributed by atoms with van der Waals surface area (Å²) in [5, 5.41) is 2.93. The zero-order valence-corrected chi connectivity index (χ0v) is 13.6. The maximum absolute atomic E-state index is 12.0. The molecule has 0 aromatic heterocycles. The number of unbranched alkanes of at least 4 members (excludes halogenated alkanes) is 1. The lowest BCUT2D eigenvalue weighted by molar-refractivity contribution is -0.152. The lowest BCUT2D eigenvalue weighted by atomic mass is 9.71. The third-order valence-corrected chi connectivity index (χ3v) is 4.51. The van der Waals surface area contributed by atoms with Crippen molar-refractivity contribution in [2.24, 2.45) is 11.1 Å². The first-order valence-electron chi connectivity index (χ1n) is 8.00. The molecule has 0 aromatic carbocycles. The highest BCUT2D eigenvalue weighted by Crippen LogP contribution is 2.42. The van der Waals surface area contributed by atoms with Gasteiger partial charge in [-0.05, 0) is 44.4 Å². The maximum atomic E-state index is 12.0. The fraction of sp³-hybridized carbons (Fsp3) is 0.938. The summed E-state index contributed by atoms with van der Waals surface area (Å²) in [4.78, 5) is 12.0. The first-order chi connectivity index (χ1) is 9.34. The first kappa shape index (κ1) is 17.4. The van der Waals surface area contributed by atoms with E-state index in [9.17, 15) is 4.79 Å². The molecule has 20 heavy (non-hydrogen) atoms. The van der Waals surface area contributed by atoms with Gasteiger partial charge in [-0.1, -0.05) is 27.2 Å². The van der Waals surface area contributed by atoms with Gasteiger partial charge in [0.25, 0.3) is 0 Å². The number of ether oxygens (including phenoxy) is 1. The lowest BCUT2D eigenvalue weighted by Crippen LogP contribution is -2.50. The van der Waals surface area contributed by atoms with Crippen LogP contribution in [0.4, 0.5) is 0 Å². The van der Waals surface area contributed by atoms with Crippen molar-refractivity contribution in [2.75, 3.05) is 13.1 Å². The van der Waals surface area contributed by atoms with Gasteiger partial charge < -0.3 is 15.8 Å². The molecule has 0 radical (unpaired) electrons. The summed E-state index contributed by atoms with van der Waals surface area (Å²) in [5.41, 5.74) is 6.00. The second-order valence-corrected chi connectivity index (χ2v) is 6.96. The molecular formula is C16H32N2O2. The molecule has 4 heteroatoms. The van der Waals surface area contributed by atoms with E-state index in [0.29, 0.717) is 12.0 Å². The third-order valence-electron chi connectivity index (χ3n) is 4.51. The summed E-state index contributed by atoms with van der Waals surface area (Å²) in [7, 11) is 0. The maximum Gasteiger partial charge on any atom is 0.248 e. The molecular weight excluding hydrogens is 252 g/mol. The van der Waals surface area contributed by atoms with E-state index in [-0.39, 0.29) is 11.5 Å². The molecule has 0 aromatic rings. The highest BCUT2D eigenvalue weighted by Gasteiger charge is 2.40. The summed E-state index contributed by atoms with van der Waals surface area (Å²) < 4.78 is 6.08. The molecule has 1 aliphatic rings. The SMILES string of the molecule is CCCCNC(=O)C(C)OC1(CN)CCC(C)(C)CC1. The van der Waals surface area contributed by atoms with Crippen LogP contribution in [-0.4, -0.2) is 30.7 Å². The van der Waals surface area contributed by atoms with Crippen molar-refractivity contribution in [1.29, 1.82) is 0 Å². The van der Waals surface area contributed by atoms with Crippen molar-refractivity contribution < 1.29 is 9.53 Å². The van der Waals surface area contributed by atoms with Crippen molar-refractivity contribution >= 4 is 5.91 Å². The molecule has 0 saturated heterocycles. The summed E-state index contributed by atoms with van der Waals surface area (Å²) in [5.74, 6) is -0.0175. The second-order valence-electron chi connectivity index (χ2n) is 6.96. The van der Waals surface area contributed by atoms with E-state index in [1.54, 1.807) is 0 Å². The van der Waals surface area contributed by atoms with E-state index >= 15 is 0 Å². The quantitative estimate of drug-likeness (QED) is 0.706. The Morgan fingerprint density at radius 3 is 2.40 bits per heavy atom. The van der Waals surface area contributed by atoms with Gasteiger partial charge in [-0.15, -0.1) is 0 Å².